The minimum atomic E-state index is 0.109. The van der Waals surface area contributed by atoms with Crippen LogP contribution < -0.4 is 0 Å². The molecule has 5 heteroatoms. The number of piperazine rings is 1. The van der Waals surface area contributed by atoms with E-state index in [1.807, 2.05) is 4.90 Å². The van der Waals surface area contributed by atoms with Gasteiger partial charge in [-0.1, -0.05) is 0 Å². The third-order valence-electron chi connectivity index (χ3n) is 3.80. The molecule has 0 radical (unpaired) electrons. The van der Waals surface area contributed by atoms with E-state index in [1.54, 1.807) is 0 Å². The lowest BCUT2D eigenvalue weighted by Gasteiger charge is -2.32. The SMILES string of the molecule is CN1CCN(C(=O)c2n[nH]c3c2CCC3)CC1. The number of amides is 1. The number of likely N-dealkylation sites (N-methyl/N-ethyl adjacent to an activating group) is 1. The smallest absolute Gasteiger partial charge is 0.274 e. The van der Waals surface area contributed by atoms with Crippen molar-refractivity contribution in [3.05, 3.63) is 17.0 Å². The van der Waals surface area contributed by atoms with Crippen molar-refractivity contribution in [3.8, 4) is 0 Å². The molecule has 5 nitrogen and oxygen atoms in total. The van der Waals surface area contributed by atoms with Crippen molar-refractivity contribution in [2.45, 2.75) is 19.3 Å². The Morgan fingerprint density at radius 1 is 1.24 bits per heavy atom. The number of aromatic amines is 1. The highest BCUT2D eigenvalue weighted by Crippen LogP contribution is 2.23. The minimum Gasteiger partial charge on any atom is -0.335 e. The van der Waals surface area contributed by atoms with Crippen LogP contribution in [0.25, 0.3) is 0 Å². The molecule has 1 aliphatic carbocycles. The topological polar surface area (TPSA) is 52.2 Å². The number of H-pyrrole nitrogens is 1. The van der Waals surface area contributed by atoms with E-state index >= 15 is 0 Å². The molecule has 0 spiro atoms. The Morgan fingerprint density at radius 3 is 2.76 bits per heavy atom. The fraction of sp³-hybridized carbons (Fsp3) is 0.667. The van der Waals surface area contributed by atoms with Gasteiger partial charge in [-0.25, -0.2) is 0 Å². The first-order valence-corrected chi connectivity index (χ1v) is 6.29. The maximum Gasteiger partial charge on any atom is 0.274 e. The fourth-order valence-corrected chi connectivity index (χ4v) is 2.66. The zero-order chi connectivity index (χ0) is 11.8. The second-order valence-electron chi connectivity index (χ2n) is 4.98. The summed E-state index contributed by atoms with van der Waals surface area (Å²) >= 11 is 0. The van der Waals surface area contributed by atoms with Gasteiger partial charge in [0.2, 0.25) is 0 Å². The van der Waals surface area contributed by atoms with Gasteiger partial charge in [-0.15, -0.1) is 0 Å². The van der Waals surface area contributed by atoms with Crippen LogP contribution >= 0.6 is 0 Å². The highest BCUT2D eigenvalue weighted by atomic mass is 16.2. The average molecular weight is 234 g/mol. The lowest BCUT2D eigenvalue weighted by atomic mass is 10.1. The van der Waals surface area contributed by atoms with E-state index in [2.05, 4.69) is 22.1 Å². The van der Waals surface area contributed by atoms with Gasteiger partial charge in [0, 0.05) is 37.4 Å². The molecule has 92 valence electrons. The van der Waals surface area contributed by atoms with Crippen molar-refractivity contribution in [1.82, 2.24) is 20.0 Å². The maximum absolute atomic E-state index is 12.4. The fourth-order valence-electron chi connectivity index (χ4n) is 2.66. The number of nitrogens with one attached hydrogen (secondary N) is 1. The molecule has 1 saturated heterocycles. The average Bonchev–Trinajstić information content (AvgIpc) is 2.90. The van der Waals surface area contributed by atoms with Crippen LogP contribution in [-0.4, -0.2) is 59.1 Å². The third-order valence-corrected chi connectivity index (χ3v) is 3.80. The molecule has 2 heterocycles. The molecule has 3 rings (SSSR count). The second kappa shape index (κ2) is 4.14. The van der Waals surface area contributed by atoms with Gasteiger partial charge >= 0.3 is 0 Å². The van der Waals surface area contributed by atoms with E-state index in [4.69, 9.17) is 0 Å². The number of hydrogen-bond donors (Lipinski definition) is 1. The molecule has 1 aliphatic heterocycles. The number of aryl methyl sites for hydroxylation is 1. The lowest BCUT2D eigenvalue weighted by molar-refractivity contribution is 0.0657. The van der Waals surface area contributed by atoms with Crippen molar-refractivity contribution in [3.63, 3.8) is 0 Å². The summed E-state index contributed by atoms with van der Waals surface area (Å²) in [7, 11) is 2.09. The third kappa shape index (κ3) is 1.84. The van der Waals surface area contributed by atoms with Crippen LogP contribution in [0.1, 0.15) is 28.2 Å². The van der Waals surface area contributed by atoms with Crippen LogP contribution in [-0.2, 0) is 12.8 Å². The van der Waals surface area contributed by atoms with Gasteiger partial charge in [0.15, 0.2) is 5.69 Å². The molecule has 1 aromatic heterocycles. The molecule has 1 fully saturated rings. The first-order valence-electron chi connectivity index (χ1n) is 6.29. The standard InChI is InChI=1S/C12H18N4O/c1-15-5-7-16(8-6-15)12(17)11-9-3-2-4-10(9)13-14-11/h2-8H2,1H3,(H,13,14). The first kappa shape index (κ1) is 10.8. The van der Waals surface area contributed by atoms with E-state index in [1.165, 1.54) is 5.69 Å². The van der Waals surface area contributed by atoms with Crippen LogP contribution in [0.2, 0.25) is 0 Å². The summed E-state index contributed by atoms with van der Waals surface area (Å²) in [6, 6.07) is 0. The summed E-state index contributed by atoms with van der Waals surface area (Å²) in [6.45, 7) is 3.55. The van der Waals surface area contributed by atoms with Crippen LogP contribution in [0.5, 0.6) is 0 Å². The summed E-state index contributed by atoms with van der Waals surface area (Å²) in [5.41, 5.74) is 3.00. The van der Waals surface area contributed by atoms with E-state index in [0.717, 1.165) is 51.0 Å². The Labute approximate surface area is 101 Å². The highest BCUT2D eigenvalue weighted by Gasteiger charge is 2.27. The van der Waals surface area contributed by atoms with Gasteiger partial charge in [-0.3, -0.25) is 9.89 Å². The van der Waals surface area contributed by atoms with Crippen molar-refractivity contribution < 1.29 is 4.79 Å². The van der Waals surface area contributed by atoms with Crippen LogP contribution in [0, 0.1) is 0 Å². The molecule has 0 bridgehead atoms. The van der Waals surface area contributed by atoms with Gasteiger partial charge in [-0.2, -0.15) is 5.10 Å². The molecular weight excluding hydrogens is 216 g/mol. The Bertz CT molecular complexity index is 432. The molecule has 0 aromatic carbocycles. The van der Waals surface area contributed by atoms with Crippen molar-refractivity contribution in [1.29, 1.82) is 0 Å². The largest absolute Gasteiger partial charge is 0.335 e. The molecule has 1 amide bonds. The zero-order valence-corrected chi connectivity index (χ0v) is 10.2. The van der Waals surface area contributed by atoms with Crippen LogP contribution in [0.3, 0.4) is 0 Å². The number of nitrogens with zero attached hydrogens (tertiary/aromatic N) is 3. The molecule has 2 aliphatic rings. The molecule has 17 heavy (non-hydrogen) atoms. The van der Waals surface area contributed by atoms with Crippen molar-refractivity contribution in [2.75, 3.05) is 33.2 Å². The molecule has 1 aromatic rings. The monoisotopic (exact) mass is 234 g/mol. The zero-order valence-electron chi connectivity index (χ0n) is 10.2. The number of carbonyl (C=O) groups excluding carboxylic acids is 1. The molecular formula is C12H18N4O. The van der Waals surface area contributed by atoms with E-state index in [9.17, 15) is 4.79 Å². The summed E-state index contributed by atoms with van der Waals surface area (Å²) in [6.07, 6.45) is 3.19. The van der Waals surface area contributed by atoms with E-state index < -0.39 is 0 Å². The van der Waals surface area contributed by atoms with Gasteiger partial charge in [0.05, 0.1) is 0 Å². The number of hydrogen-bond acceptors (Lipinski definition) is 3. The molecule has 1 N–H and O–H groups in total. The van der Waals surface area contributed by atoms with Gasteiger partial charge < -0.3 is 9.80 Å². The summed E-state index contributed by atoms with van der Waals surface area (Å²) < 4.78 is 0. The van der Waals surface area contributed by atoms with Gasteiger partial charge in [0.25, 0.3) is 5.91 Å². The maximum atomic E-state index is 12.4. The predicted octanol–water partition coefficient (Wildman–Crippen LogP) is 0.286. The summed E-state index contributed by atoms with van der Waals surface area (Å²) in [4.78, 5) is 16.5. The molecule has 0 atom stereocenters. The predicted molar refractivity (Wildman–Crippen MR) is 64.0 cm³/mol. The Hall–Kier alpha value is -1.36. The Morgan fingerprint density at radius 2 is 2.00 bits per heavy atom. The van der Waals surface area contributed by atoms with Crippen LogP contribution in [0.15, 0.2) is 0 Å². The summed E-state index contributed by atoms with van der Waals surface area (Å²) in [5.74, 6) is 0.109. The Kier molecular flexibility index (Phi) is 2.63. The number of aromatic nitrogens is 2. The quantitative estimate of drug-likeness (QED) is 0.759. The lowest BCUT2D eigenvalue weighted by Crippen LogP contribution is -2.47. The van der Waals surface area contributed by atoms with Crippen molar-refractivity contribution in [2.24, 2.45) is 0 Å². The number of fused-ring (bicyclic) bond motifs is 1. The number of rotatable bonds is 1. The van der Waals surface area contributed by atoms with Crippen LogP contribution in [0.4, 0.5) is 0 Å². The van der Waals surface area contributed by atoms with Crippen molar-refractivity contribution >= 4 is 5.91 Å². The minimum absolute atomic E-state index is 0.109. The highest BCUT2D eigenvalue weighted by molar-refractivity contribution is 5.94. The molecule has 0 unspecified atom stereocenters. The normalized spacial score (nSPS) is 20.6. The van der Waals surface area contributed by atoms with Gasteiger partial charge in [-0.05, 0) is 26.3 Å². The summed E-state index contributed by atoms with van der Waals surface area (Å²) in [5, 5.41) is 7.21. The van der Waals surface area contributed by atoms with Gasteiger partial charge in [0.1, 0.15) is 0 Å². The first-order chi connectivity index (χ1) is 8.25. The van der Waals surface area contributed by atoms with E-state index in [0.29, 0.717) is 5.69 Å². The molecule has 0 saturated carbocycles. The number of carbonyl (C=O) groups is 1. The second-order valence-corrected chi connectivity index (χ2v) is 4.98. The Balaban J connectivity index is 1.77. The van der Waals surface area contributed by atoms with E-state index in [-0.39, 0.29) is 5.91 Å².